The summed E-state index contributed by atoms with van der Waals surface area (Å²) < 4.78 is 10.9. The average Bonchev–Trinajstić information content (AvgIpc) is 2.46. The lowest BCUT2D eigenvalue weighted by Crippen LogP contribution is -2.05. The van der Waals surface area contributed by atoms with E-state index in [1.807, 2.05) is 6.07 Å². The number of benzene rings is 2. The lowest BCUT2D eigenvalue weighted by molar-refractivity contribution is 0.356. The Hall–Kier alpha value is -1.90. The molecule has 0 amide bonds. The Morgan fingerprint density at radius 1 is 0.810 bits per heavy atom. The van der Waals surface area contributed by atoms with Crippen molar-refractivity contribution < 1.29 is 9.47 Å². The van der Waals surface area contributed by atoms with Crippen LogP contribution in [-0.4, -0.2) is 14.2 Å². The summed E-state index contributed by atoms with van der Waals surface area (Å²) in [5.74, 6) is 1.55. The molecule has 3 rings (SSSR count). The molecule has 3 nitrogen and oxygen atoms in total. The fourth-order valence-electron chi connectivity index (χ4n) is 3.40. The highest BCUT2D eigenvalue weighted by Crippen LogP contribution is 2.38. The standard InChI is InChI=1S/C18H23NO2/c1-20-17-10-12-9-16(19)14-8-6-4-3-5-7-13(14)15(12)11-18(17)21-2/h9-11H,3-8,19H2,1-2H3. The number of ether oxygens (including phenoxy) is 2. The van der Waals surface area contributed by atoms with Gasteiger partial charge in [0.2, 0.25) is 0 Å². The van der Waals surface area contributed by atoms with E-state index in [9.17, 15) is 0 Å². The molecule has 1 aliphatic carbocycles. The first kappa shape index (κ1) is 14.1. The fourth-order valence-corrected chi connectivity index (χ4v) is 3.40. The number of fused-ring (bicyclic) bond motifs is 3. The van der Waals surface area contributed by atoms with Crippen molar-refractivity contribution in [1.82, 2.24) is 0 Å². The third-order valence-corrected chi connectivity index (χ3v) is 4.51. The molecule has 0 radical (unpaired) electrons. The van der Waals surface area contributed by atoms with Gasteiger partial charge in [-0.3, -0.25) is 0 Å². The number of aryl methyl sites for hydroxylation is 1. The van der Waals surface area contributed by atoms with E-state index in [4.69, 9.17) is 15.2 Å². The van der Waals surface area contributed by atoms with Crippen LogP contribution in [0, 0.1) is 0 Å². The molecule has 0 atom stereocenters. The molecule has 21 heavy (non-hydrogen) atoms. The van der Waals surface area contributed by atoms with Crippen molar-refractivity contribution in [3.63, 3.8) is 0 Å². The maximum absolute atomic E-state index is 6.32. The van der Waals surface area contributed by atoms with E-state index in [2.05, 4.69) is 12.1 Å². The van der Waals surface area contributed by atoms with Crippen LogP contribution in [0.4, 0.5) is 5.69 Å². The summed E-state index contributed by atoms with van der Waals surface area (Å²) >= 11 is 0. The SMILES string of the molecule is COc1cc2cc(N)c3c(c2cc1OC)CCCCCC3. The Morgan fingerprint density at radius 2 is 1.43 bits per heavy atom. The molecule has 0 spiro atoms. The van der Waals surface area contributed by atoms with E-state index < -0.39 is 0 Å². The van der Waals surface area contributed by atoms with Crippen molar-refractivity contribution >= 4 is 16.5 Å². The first-order valence-electron chi connectivity index (χ1n) is 7.70. The highest BCUT2D eigenvalue weighted by atomic mass is 16.5. The lowest BCUT2D eigenvalue weighted by atomic mass is 9.88. The van der Waals surface area contributed by atoms with Crippen LogP contribution in [0.3, 0.4) is 0 Å². The number of nitrogens with two attached hydrogens (primary N) is 1. The van der Waals surface area contributed by atoms with Gasteiger partial charge >= 0.3 is 0 Å². The normalized spacial score (nSPS) is 15.1. The van der Waals surface area contributed by atoms with Crippen LogP contribution in [0.5, 0.6) is 11.5 Å². The summed E-state index contributed by atoms with van der Waals surface area (Å²) in [5.41, 5.74) is 9.99. The van der Waals surface area contributed by atoms with Crippen molar-refractivity contribution in [3.05, 3.63) is 29.3 Å². The zero-order valence-electron chi connectivity index (χ0n) is 12.9. The summed E-state index contributed by atoms with van der Waals surface area (Å²) in [4.78, 5) is 0. The third-order valence-electron chi connectivity index (χ3n) is 4.51. The molecule has 0 fully saturated rings. The molecular weight excluding hydrogens is 262 g/mol. The monoisotopic (exact) mass is 285 g/mol. The number of methoxy groups -OCH3 is 2. The zero-order chi connectivity index (χ0) is 14.8. The molecule has 0 unspecified atom stereocenters. The molecule has 2 aromatic rings. The molecule has 1 aliphatic rings. The Labute approximate surface area is 126 Å². The zero-order valence-corrected chi connectivity index (χ0v) is 12.9. The van der Waals surface area contributed by atoms with Gasteiger partial charge in [0, 0.05) is 5.69 Å². The van der Waals surface area contributed by atoms with E-state index >= 15 is 0 Å². The summed E-state index contributed by atoms with van der Waals surface area (Å²) in [6.07, 6.45) is 7.28. The van der Waals surface area contributed by atoms with Gasteiger partial charge in [-0.25, -0.2) is 0 Å². The van der Waals surface area contributed by atoms with Crippen molar-refractivity contribution in [3.8, 4) is 11.5 Å². The minimum atomic E-state index is 0.759. The van der Waals surface area contributed by atoms with Crippen LogP contribution in [0.2, 0.25) is 0 Å². The molecule has 0 aliphatic heterocycles. The maximum atomic E-state index is 6.32. The summed E-state index contributed by atoms with van der Waals surface area (Å²) in [6, 6.07) is 6.22. The first-order chi connectivity index (χ1) is 10.2. The lowest BCUT2D eigenvalue weighted by Gasteiger charge is -2.20. The van der Waals surface area contributed by atoms with Crippen LogP contribution in [-0.2, 0) is 12.8 Å². The van der Waals surface area contributed by atoms with E-state index in [0.717, 1.165) is 35.4 Å². The van der Waals surface area contributed by atoms with Gasteiger partial charge in [-0.05, 0) is 65.8 Å². The van der Waals surface area contributed by atoms with Gasteiger partial charge in [0.25, 0.3) is 0 Å². The Morgan fingerprint density at radius 3 is 2.10 bits per heavy atom. The van der Waals surface area contributed by atoms with Gasteiger partial charge in [-0.2, -0.15) is 0 Å². The van der Waals surface area contributed by atoms with Gasteiger partial charge in [0.15, 0.2) is 11.5 Å². The Balaban J connectivity index is 2.26. The molecule has 112 valence electrons. The van der Waals surface area contributed by atoms with E-state index in [0.29, 0.717) is 0 Å². The Bertz CT molecular complexity index is 664. The number of rotatable bonds is 2. The van der Waals surface area contributed by atoms with Crippen LogP contribution < -0.4 is 15.2 Å². The number of nitrogen functional groups attached to an aromatic ring is 1. The predicted octanol–water partition coefficient (Wildman–Crippen LogP) is 4.10. The van der Waals surface area contributed by atoms with Crippen molar-refractivity contribution in [2.45, 2.75) is 38.5 Å². The molecule has 0 aromatic heterocycles. The van der Waals surface area contributed by atoms with Crippen LogP contribution in [0.1, 0.15) is 36.8 Å². The quantitative estimate of drug-likeness (QED) is 0.845. The van der Waals surface area contributed by atoms with Gasteiger partial charge in [-0.15, -0.1) is 0 Å². The van der Waals surface area contributed by atoms with Gasteiger partial charge < -0.3 is 15.2 Å². The molecule has 0 saturated heterocycles. The average molecular weight is 285 g/mol. The summed E-state index contributed by atoms with van der Waals surface area (Å²) in [7, 11) is 3.35. The van der Waals surface area contributed by atoms with Gasteiger partial charge in [0.1, 0.15) is 0 Å². The van der Waals surface area contributed by atoms with Crippen molar-refractivity contribution in [2.24, 2.45) is 0 Å². The highest BCUT2D eigenvalue weighted by molar-refractivity contribution is 5.93. The third kappa shape index (κ3) is 2.53. The molecule has 0 heterocycles. The summed E-state index contributed by atoms with van der Waals surface area (Å²) in [6.45, 7) is 0. The smallest absolute Gasteiger partial charge is 0.161 e. The minimum absolute atomic E-state index is 0.759. The molecule has 3 heteroatoms. The maximum Gasteiger partial charge on any atom is 0.161 e. The van der Waals surface area contributed by atoms with Gasteiger partial charge in [-0.1, -0.05) is 12.8 Å². The molecular formula is C18H23NO2. The number of anilines is 1. The number of hydrogen-bond donors (Lipinski definition) is 1. The predicted molar refractivity (Wildman–Crippen MR) is 87.3 cm³/mol. The van der Waals surface area contributed by atoms with Crippen LogP contribution in [0.25, 0.3) is 10.8 Å². The van der Waals surface area contributed by atoms with Crippen LogP contribution >= 0.6 is 0 Å². The summed E-state index contributed by atoms with van der Waals surface area (Å²) in [5, 5.41) is 2.41. The van der Waals surface area contributed by atoms with Crippen molar-refractivity contribution in [1.29, 1.82) is 0 Å². The highest BCUT2D eigenvalue weighted by Gasteiger charge is 2.16. The minimum Gasteiger partial charge on any atom is -0.493 e. The second-order valence-corrected chi connectivity index (χ2v) is 5.77. The molecule has 0 saturated carbocycles. The van der Waals surface area contributed by atoms with Gasteiger partial charge in [0.05, 0.1) is 14.2 Å². The second-order valence-electron chi connectivity index (χ2n) is 5.77. The second kappa shape index (κ2) is 5.84. The molecule has 2 aromatic carbocycles. The van der Waals surface area contributed by atoms with E-state index in [1.54, 1.807) is 14.2 Å². The van der Waals surface area contributed by atoms with E-state index in [1.165, 1.54) is 42.2 Å². The largest absolute Gasteiger partial charge is 0.493 e. The molecule has 2 N–H and O–H groups in total. The molecule has 0 bridgehead atoms. The van der Waals surface area contributed by atoms with E-state index in [-0.39, 0.29) is 0 Å². The number of hydrogen-bond acceptors (Lipinski definition) is 3. The fraction of sp³-hybridized carbons (Fsp3) is 0.444. The van der Waals surface area contributed by atoms with Crippen LogP contribution in [0.15, 0.2) is 18.2 Å². The van der Waals surface area contributed by atoms with Crippen molar-refractivity contribution in [2.75, 3.05) is 20.0 Å². The first-order valence-corrected chi connectivity index (χ1v) is 7.70. The topological polar surface area (TPSA) is 44.5 Å². The Kier molecular flexibility index (Phi) is 3.91.